The van der Waals surface area contributed by atoms with Crippen LogP contribution in [0.2, 0.25) is 0 Å². The van der Waals surface area contributed by atoms with E-state index in [9.17, 15) is 0 Å². The molecule has 0 saturated carbocycles. The highest BCUT2D eigenvalue weighted by Crippen LogP contribution is 2.36. The Hall–Kier alpha value is -10.8. The lowest BCUT2D eigenvalue weighted by Crippen LogP contribution is -1.95. The van der Waals surface area contributed by atoms with Crippen LogP contribution in [0.1, 0.15) is 22.3 Å². The topological polar surface area (TPSA) is 106 Å². The third-order valence-corrected chi connectivity index (χ3v) is 14.1. The molecule has 10 nitrogen and oxygen atoms in total. The second-order valence-corrected chi connectivity index (χ2v) is 19.2. The minimum atomic E-state index is 0.441. The number of ether oxygens (including phenoxy) is 2. The lowest BCUT2D eigenvalue weighted by Gasteiger charge is -2.09. The zero-order chi connectivity index (χ0) is 53.8. The van der Waals surface area contributed by atoms with Gasteiger partial charge < -0.3 is 27.4 Å². The molecule has 0 spiro atoms. The van der Waals surface area contributed by atoms with Crippen molar-refractivity contribution in [2.75, 3.05) is 0 Å². The van der Waals surface area contributed by atoms with E-state index in [-0.39, 0.29) is 0 Å². The van der Waals surface area contributed by atoms with Crippen molar-refractivity contribution in [2.24, 2.45) is 0 Å². The van der Waals surface area contributed by atoms with E-state index in [0.29, 0.717) is 36.8 Å². The van der Waals surface area contributed by atoms with Gasteiger partial charge in [-0.25, -0.2) is 0 Å². The lowest BCUT2D eigenvalue weighted by atomic mass is 10.1. The van der Waals surface area contributed by atoms with E-state index in [0.717, 1.165) is 89.4 Å². The van der Waals surface area contributed by atoms with Crippen molar-refractivity contribution in [3.05, 3.63) is 278 Å². The third kappa shape index (κ3) is 9.80. The minimum absolute atomic E-state index is 0.441. The van der Waals surface area contributed by atoms with Crippen molar-refractivity contribution >= 4 is 55.8 Å². The van der Waals surface area contributed by atoms with Gasteiger partial charge in [0.15, 0.2) is 0 Å². The van der Waals surface area contributed by atoms with E-state index < -0.39 is 0 Å². The van der Waals surface area contributed by atoms with Crippen LogP contribution in [0.25, 0.3) is 113 Å². The van der Waals surface area contributed by atoms with E-state index in [1.165, 1.54) is 21.5 Å². The molecule has 0 bridgehead atoms. The fourth-order valence-corrected chi connectivity index (χ4v) is 10.2. The largest absolute Gasteiger partial charge is 0.489 e. The zero-order valence-electron chi connectivity index (χ0n) is 43.4. The van der Waals surface area contributed by atoms with Crippen molar-refractivity contribution in [3.8, 4) is 68.7 Å². The van der Waals surface area contributed by atoms with Crippen LogP contribution in [0, 0.1) is 0 Å². The molecule has 80 heavy (non-hydrogen) atoms. The summed E-state index contributed by atoms with van der Waals surface area (Å²) < 4.78 is 28.9. The molecule has 4 heterocycles. The molecule has 0 unspecified atom stereocenters. The number of hydrogen-bond donors (Lipinski definition) is 0. The Kier molecular flexibility index (Phi) is 13.2. The van der Waals surface area contributed by atoms with Crippen molar-refractivity contribution in [1.29, 1.82) is 0 Å². The standard InChI is InChI=1S/2C35H25N3O2/c1-2-24-10-7-11-25(20-24)23-39-29-15-9-13-27(22-29)35-37-36-34(40-35)26-12-8-14-28(21-26)38-32-18-5-3-16-30(32)31-17-4-6-19-33(31)38;1-2-24-17-19-25(20-18-24)23-39-29-12-8-10-27(22-29)35-37-36-34(40-35)26-9-7-11-28(21-26)38-32-15-5-3-13-30(32)31-14-4-6-16-33(31)38/h2*2-22H,1,23H2. The molecule has 0 fully saturated rings. The van der Waals surface area contributed by atoms with Gasteiger partial charge in [-0.15, -0.1) is 20.4 Å². The summed E-state index contributed by atoms with van der Waals surface area (Å²) in [6.45, 7) is 8.55. The van der Waals surface area contributed by atoms with E-state index in [1.54, 1.807) is 0 Å². The van der Waals surface area contributed by atoms with Crippen LogP contribution >= 0.6 is 0 Å². The van der Waals surface area contributed by atoms with Gasteiger partial charge in [0.1, 0.15) is 24.7 Å². The summed E-state index contributed by atoms with van der Waals surface area (Å²) in [6, 6.07) is 82.0. The molecule has 0 N–H and O–H groups in total. The smallest absolute Gasteiger partial charge is 0.248 e. The number of fused-ring (bicyclic) bond motifs is 6. The highest BCUT2D eigenvalue weighted by Gasteiger charge is 2.18. The fourth-order valence-electron chi connectivity index (χ4n) is 10.2. The Morgan fingerprint density at radius 3 is 1.14 bits per heavy atom. The molecule has 0 saturated heterocycles. The first-order valence-corrected chi connectivity index (χ1v) is 26.3. The first-order valence-electron chi connectivity index (χ1n) is 26.3. The lowest BCUT2D eigenvalue weighted by molar-refractivity contribution is 0.306. The molecular formula is C70H50N6O4. The highest BCUT2D eigenvalue weighted by atomic mass is 16.5. The van der Waals surface area contributed by atoms with Crippen LogP contribution in [0.5, 0.6) is 11.5 Å². The summed E-state index contributed by atoms with van der Waals surface area (Å²) in [5, 5.41) is 22.3. The molecule has 0 aliphatic carbocycles. The third-order valence-electron chi connectivity index (χ3n) is 14.1. The van der Waals surface area contributed by atoms with Crippen LogP contribution in [-0.2, 0) is 13.2 Å². The molecule has 0 atom stereocenters. The van der Waals surface area contributed by atoms with Gasteiger partial charge in [0.05, 0.1) is 22.1 Å². The maximum Gasteiger partial charge on any atom is 0.248 e. The Bertz CT molecular complexity index is 4460. The number of benzene rings is 10. The Balaban J connectivity index is 0.000000151. The van der Waals surface area contributed by atoms with Gasteiger partial charge in [-0.1, -0.05) is 165 Å². The maximum atomic E-state index is 6.15. The Morgan fingerprint density at radius 2 is 0.713 bits per heavy atom. The van der Waals surface area contributed by atoms with Crippen LogP contribution in [-0.4, -0.2) is 29.5 Å². The minimum Gasteiger partial charge on any atom is -0.489 e. The SMILES string of the molecule is C=Cc1ccc(COc2cccc(-c3nnc(-c4cccc(-n5c6ccccc6c6ccccc65)c4)o3)c2)cc1.C=Cc1cccc(COc2cccc(-c3nnc(-c4cccc(-n5c6ccccc6c6ccccc65)c4)o3)c2)c1. The van der Waals surface area contributed by atoms with Gasteiger partial charge in [-0.05, 0) is 125 Å². The number of rotatable bonds is 14. The first-order chi connectivity index (χ1) is 39.5. The van der Waals surface area contributed by atoms with Gasteiger partial charge in [-0.3, -0.25) is 0 Å². The first kappa shape index (κ1) is 48.8. The Morgan fingerprint density at radius 1 is 0.338 bits per heavy atom. The highest BCUT2D eigenvalue weighted by molar-refractivity contribution is 6.10. The zero-order valence-corrected chi connectivity index (χ0v) is 43.4. The van der Waals surface area contributed by atoms with Crippen molar-refractivity contribution in [2.45, 2.75) is 13.2 Å². The van der Waals surface area contributed by atoms with Gasteiger partial charge >= 0.3 is 0 Å². The predicted molar refractivity (Wildman–Crippen MR) is 321 cm³/mol. The average Bonchev–Trinajstić information content (AvgIpc) is 4.40. The predicted octanol–water partition coefficient (Wildman–Crippen LogP) is 17.4. The van der Waals surface area contributed by atoms with Gasteiger partial charge in [0.2, 0.25) is 23.6 Å². The molecule has 0 amide bonds. The van der Waals surface area contributed by atoms with Crippen molar-refractivity contribution < 1.29 is 18.3 Å². The average molecular weight is 1040 g/mol. The molecule has 384 valence electrons. The second-order valence-electron chi connectivity index (χ2n) is 19.2. The Labute approximate surface area is 461 Å². The maximum absolute atomic E-state index is 6.15. The molecular weight excluding hydrogens is 989 g/mol. The van der Waals surface area contributed by atoms with Crippen LogP contribution in [0.15, 0.2) is 265 Å². The number of hydrogen-bond acceptors (Lipinski definition) is 8. The van der Waals surface area contributed by atoms with Crippen molar-refractivity contribution in [1.82, 2.24) is 29.5 Å². The van der Waals surface area contributed by atoms with Crippen LogP contribution in [0.3, 0.4) is 0 Å². The molecule has 0 aliphatic heterocycles. The van der Waals surface area contributed by atoms with Crippen LogP contribution < -0.4 is 9.47 Å². The van der Waals surface area contributed by atoms with Gasteiger partial charge in [-0.2, -0.15) is 0 Å². The summed E-state index contributed by atoms with van der Waals surface area (Å²) >= 11 is 0. The molecule has 14 aromatic rings. The summed E-state index contributed by atoms with van der Waals surface area (Å²) in [6.07, 6.45) is 3.66. The normalized spacial score (nSPS) is 11.2. The number of para-hydroxylation sites is 4. The molecule has 14 rings (SSSR count). The van der Waals surface area contributed by atoms with Gasteiger partial charge in [0, 0.05) is 55.2 Å². The molecule has 10 heteroatoms. The molecule has 0 radical (unpaired) electrons. The molecule has 0 aliphatic rings. The van der Waals surface area contributed by atoms with E-state index in [2.05, 4.69) is 170 Å². The van der Waals surface area contributed by atoms with E-state index >= 15 is 0 Å². The van der Waals surface area contributed by atoms with E-state index in [1.807, 2.05) is 127 Å². The van der Waals surface area contributed by atoms with E-state index in [4.69, 9.17) is 18.3 Å². The van der Waals surface area contributed by atoms with Crippen LogP contribution in [0.4, 0.5) is 0 Å². The summed E-state index contributed by atoms with van der Waals surface area (Å²) in [4.78, 5) is 0. The molecule has 10 aromatic carbocycles. The summed E-state index contributed by atoms with van der Waals surface area (Å²) in [5.41, 5.74) is 14.3. The van der Waals surface area contributed by atoms with Gasteiger partial charge in [0.25, 0.3) is 0 Å². The monoisotopic (exact) mass is 1040 g/mol. The number of nitrogens with zero attached hydrogens (tertiary/aromatic N) is 6. The summed E-state index contributed by atoms with van der Waals surface area (Å²) in [7, 11) is 0. The summed E-state index contributed by atoms with van der Waals surface area (Å²) in [5.74, 6) is 3.28. The second kappa shape index (κ2) is 21.7. The quantitative estimate of drug-likeness (QED) is 0.106. The number of aromatic nitrogens is 6. The van der Waals surface area contributed by atoms with Crippen molar-refractivity contribution in [3.63, 3.8) is 0 Å². The molecule has 4 aromatic heterocycles. The fraction of sp³-hybridized carbons (Fsp3) is 0.0286.